The molecule has 1 aromatic heterocycles. The van der Waals surface area contributed by atoms with Crippen molar-refractivity contribution in [3.05, 3.63) is 68.1 Å². The van der Waals surface area contributed by atoms with Crippen molar-refractivity contribution in [1.82, 2.24) is 15.0 Å². The second-order valence-corrected chi connectivity index (χ2v) is 9.89. The zero-order valence-corrected chi connectivity index (χ0v) is 21.1. The van der Waals surface area contributed by atoms with Crippen LogP contribution >= 0.6 is 23.2 Å². The lowest BCUT2D eigenvalue weighted by Gasteiger charge is -2.26. The first-order chi connectivity index (χ1) is 16.2. The van der Waals surface area contributed by atoms with E-state index in [1.54, 1.807) is 30.3 Å². The molecule has 0 aliphatic carbocycles. The first kappa shape index (κ1) is 26.9. The van der Waals surface area contributed by atoms with Gasteiger partial charge in [0.05, 0.1) is 5.02 Å². The van der Waals surface area contributed by atoms with Crippen LogP contribution in [0.15, 0.2) is 41.2 Å². The number of nitrogens with zero attached hydrogens (tertiary/aromatic N) is 2. The minimum absolute atomic E-state index is 0.0691. The molecule has 10 heteroatoms. The Bertz CT molecular complexity index is 1320. The van der Waals surface area contributed by atoms with Gasteiger partial charge >= 0.3 is 11.9 Å². The molecule has 3 rings (SSSR count). The molecule has 3 aromatic rings. The molecule has 0 bridgehead atoms. The van der Waals surface area contributed by atoms with E-state index < -0.39 is 23.1 Å². The smallest absolute Gasteiger partial charge is 0.299 e. The van der Waals surface area contributed by atoms with Gasteiger partial charge in [0.1, 0.15) is 17.0 Å². The predicted molar refractivity (Wildman–Crippen MR) is 131 cm³/mol. The minimum Gasteiger partial charge on any atom is -0.299 e. The Morgan fingerprint density at radius 3 is 2.31 bits per heavy atom. The molecule has 0 atom stereocenters. The van der Waals surface area contributed by atoms with E-state index in [0.717, 1.165) is 19.4 Å². The fourth-order valence-electron chi connectivity index (χ4n) is 3.40. The maximum absolute atomic E-state index is 13.2. The van der Waals surface area contributed by atoms with Gasteiger partial charge in [0, 0.05) is 22.6 Å². The summed E-state index contributed by atoms with van der Waals surface area (Å²) in [6, 6.07) is 10.00. The van der Waals surface area contributed by atoms with E-state index in [9.17, 15) is 22.8 Å². The molecular formula is C25H24Cl2F3N3O2. The molecule has 0 unspecified atom stereocenters. The Kier molecular flexibility index (Phi) is 7.77. The van der Waals surface area contributed by atoms with Crippen molar-refractivity contribution in [2.24, 2.45) is 5.41 Å². The summed E-state index contributed by atoms with van der Waals surface area (Å²) in [6.07, 6.45) is -4.87. The van der Waals surface area contributed by atoms with Gasteiger partial charge in [-0.25, -0.2) is 9.78 Å². The van der Waals surface area contributed by atoms with Crippen molar-refractivity contribution in [2.75, 3.05) is 0 Å². The number of H-pyrrole nitrogens is 1. The number of aromatic amines is 1. The third kappa shape index (κ3) is 5.93. The zero-order chi connectivity index (χ0) is 26.1. The lowest BCUT2D eigenvalue weighted by atomic mass is 9.84. The maximum Gasteiger partial charge on any atom is 0.400 e. The molecule has 2 aromatic carbocycles. The second-order valence-electron chi connectivity index (χ2n) is 9.08. The van der Waals surface area contributed by atoms with Gasteiger partial charge in [0.25, 0.3) is 0 Å². The SMILES string of the molecule is CC(C)c1cc(-c2nc(-c3cc(CCC(=O)C(C)(C)C(F)(F)F)ccc3Cl)[nH]c(=O)n2)ccc1Cl. The van der Waals surface area contributed by atoms with Crippen LogP contribution in [0.5, 0.6) is 0 Å². The summed E-state index contributed by atoms with van der Waals surface area (Å²) in [5.41, 5.74) is -0.674. The normalized spacial score (nSPS) is 12.3. The molecule has 0 aliphatic rings. The number of nitrogens with one attached hydrogen (secondary N) is 1. The number of aryl methyl sites for hydroxylation is 1. The minimum atomic E-state index is -4.64. The van der Waals surface area contributed by atoms with E-state index >= 15 is 0 Å². The first-order valence-electron chi connectivity index (χ1n) is 10.9. The molecule has 0 radical (unpaired) electrons. The van der Waals surface area contributed by atoms with E-state index in [-0.39, 0.29) is 35.4 Å². The molecule has 0 aliphatic heterocycles. The molecule has 0 saturated heterocycles. The number of halogens is 5. The zero-order valence-electron chi connectivity index (χ0n) is 19.6. The number of carbonyl (C=O) groups excluding carboxylic acids is 1. The van der Waals surface area contributed by atoms with Crippen LogP contribution in [-0.2, 0) is 11.2 Å². The van der Waals surface area contributed by atoms with Gasteiger partial charge in [-0.3, -0.25) is 9.78 Å². The van der Waals surface area contributed by atoms with Crippen LogP contribution in [0.2, 0.25) is 10.0 Å². The summed E-state index contributed by atoms with van der Waals surface area (Å²) in [5, 5.41) is 0.864. The summed E-state index contributed by atoms with van der Waals surface area (Å²) in [4.78, 5) is 35.5. The monoisotopic (exact) mass is 525 g/mol. The summed E-state index contributed by atoms with van der Waals surface area (Å²) in [5.74, 6) is -0.455. The first-order valence-corrected chi connectivity index (χ1v) is 11.6. The number of Topliss-reactive ketones (excluding diaryl/α,β-unsaturated/α-hetero) is 1. The second kappa shape index (κ2) is 10.1. The summed E-state index contributed by atoms with van der Waals surface area (Å²) >= 11 is 12.6. The number of ketones is 1. The quantitative estimate of drug-likeness (QED) is 0.359. The molecule has 186 valence electrons. The maximum atomic E-state index is 13.2. The van der Waals surface area contributed by atoms with E-state index in [1.807, 2.05) is 19.9 Å². The number of aromatic nitrogens is 3. The van der Waals surface area contributed by atoms with Crippen molar-refractivity contribution in [1.29, 1.82) is 0 Å². The molecule has 1 heterocycles. The van der Waals surface area contributed by atoms with Gasteiger partial charge in [-0.1, -0.05) is 43.1 Å². The van der Waals surface area contributed by atoms with Crippen LogP contribution in [0.4, 0.5) is 13.2 Å². The highest BCUT2D eigenvalue weighted by molar-refractivity contribution is 6.33. The van der Waals surface area contributed by atoms with Crippen LogP contribution in [0.1, 0.15) is 51.2 Å². The lowest BCUT2D eigenvalue weighted by Crippen LogP contribution is -2.39. The van der Waals surface area contributed by atoms with Crippen LogP contribution < -0.4 is 5.69 Å². The Hall–Kier alpha value is -2.71. The standard InChI is InChI=1S/C25H24Cl2F3N3O2/c1-13(2)16-12-15(7-9-18(16)26)21-31-22(33-23(35)32-21)17-11-14(5-8-19(17)27)6-10-20(34)24(3,4)25(28,29)30/h5,7-9,11-13H,6,10H2,1-4H3,(H,31,32,33,35). The molecular weight excluding hydrogens is 502 g/mol. The van der Waals surface area contributed by atoms with E-state index in [1.165, 1.54) is 0 Å². The van der Waals surface area contributed by atoms with Crippen LogP contribution in [0, 0.1) is 5.41 Å². The van der Waals surface area contributed by atoms with Crippen LogP contribution in [0.25, 0.3) is 22.8 Å². The number of benzene rings is 2. The van der Waals surface area contributed by atoms with Gasteiger partial charge in [0.2, 0.25) is 0 Å². The average molecular weight is 526 g/mol. The Labute approximate surface area is 210 Å². The Balaban J connectivity index is 1.95. The van der Waals surface area contributed by atoms with Crippen molar-refractivity contribution < 1.29 is 18.0 Å². The topological polar surface area (TPSA) is 75.7 Å². The third-order valence-electron chi connectivity index (χ3n) is 5.86. The van der Waals surface area contributed by atoms with Gasteiger partial charge in [-0.15, -0.1) is 0 Å². The third-order valence-corrected chi connectivity index (χ3v) is 6.53. The fraction of sp³-hybridized carbons (Fsp3) is 0.360. The average Bonchev–Trinajstić information content (AvgIpc) is 2.77. The highest BCUT2D eigenvalue weighted by Gasteiger charge is 2.51. The molecule has 0 fully saturated rings. The largest absolute Gasteiger partial charge is 0.400 e. The molecule has 0 spiro atoms. The van der Waals surface area contributed by atoms with Crippen molar-refractivity contribution in [3.63, 3.8) is 0 Å². The predicted octanol–water partition coefficient (Wildman–Crippen LogP) is 7.02. The summed E-state index contributed by atoms with van der Waals surface area (Å²) in [7, 11) is 0. The van der Waals surface area contributed by atoms with Gasteiger partial charge in [0.15, 0.2) is 5.82 Å². The molecule has 0 saturated carbocycles. The van der Waals surface area contributed by atoms with Gasteiger partial charge < -0.3 is 0 Å². The molecule has 5 nitrogen and oxygen atoms in total. The molecule has 0 amide bonds. The van der Waals surface area contributed by atoms with Gasteiger partial charge in [-0.2, -0.15) is 18.2 Å². The number of alkyl halides is 3. The number of hydrogen-bond acceptors (Lipinski definition) is 4. The summed E-state index contributed by atoms with van der Waals surface area (Å²) < 4.78 is 39.5. The van der Waals surface area contributed by atoms with Crippen LogP contribution in [-0.4, -0.2) is 26.9 Å². The number of rotatable bonds is 7. The summed E-state index contributed by atoms with van der Waals surface area (Å²) in [6.45, 7) is 5.72. The highest BCUT2D eigenvalue weighted by Crippen LogP contribution is 2.39. The van der Waals surface area contributed by atoms with Crippen molar-refractivity contribution in [3.8, 4) is 22.8 Å². The number of carbonyl (C=O) groups is 1. The Morgan fingerprint density at radius 2 is 1.69 bits per heavy atom. The van der Waals surface area contributed by atoms with E-state index in [0.29, 0.717) is 21.7 Å². The fourth-order valence-corrected chi connectivity index (χ4v) is 3.95. The van der Waals surface area contributed by atoms with Gasteiger partial charge in [-0.05, 0) is 67.6 Å². The lowest BCUT2D eigenvalue weighted by molar-refractivity contribution is -0.210. The van der Waals surface area contributed by atoms with Crippen LogP contribution in [0.3, 0.4) is 0 Å². The molecule has 1 N–H and O–H groups in total. The van der Waals surface area contributed by atoms with Crippen molar-refractivity contribution in [2.45, 2.75) is 52.6 Å². The molecule has 35 heavy (non-hydrogen) atoms. The number of hydrogen-bond donors (Lipinski definition) is 1. The van der Waals surface area contributed by atoms with Crippen molar-refractivity contribution >= 4 is 29.0 Å². The van der Waals surface area contributed by atoms with E-state index in [4.69, 9.17) is 23.2 Å². The highest BCUT2D eigenvalue weighted by atomic mass is 35.5. The van der Waals surface area contributed by atoms with E-state index in [2.05, 4.69) is 15.0 Å². The Morgan fingerprint density at radius 1 is 1.03 bits per heavy atom.